The van der Waals surface area contributed by atoms with Gasteiger partial charge in [-0.25, -0.2) is 5.01 Å². The number of hydrogen-bond donors (Lipinski definition) is 2. The van der Waals surface area contributed by atoms with Crippen LogP contribution in [0.1, 0.15) is 10.6 Å². The van der Waals surface area contributed by atoms with E-state index in [9.17, 15) is 4.79 Å². The molecular weight excluding hydrogens is 250 g/mol. The standard InChI is InChI=1S/C12H11N3O2S/c13-12(18)15(9-5-2-1-3-6-9)14-11(16)10-7-4-8-17-10/h1-8H,(H2,13,18)(H,14,16). The highest BCUT2D eigenvalue weighted by Crippen LogP contribution is 2.11. The summed E-state index contributed by atoms with van der Waals surface area (Å²) >= 11 is 4.91. The monoisotopic (exact) mass is 261 g/mol. The van der Waals surface area contributed by atoms with Crippen molar-refractivity contribution in [3.05, 3.63) is 54.5 Å². The van der Waals surface area contributed by atoms with Gasteiger partial charge in [0.1, 0.15) is 0 Å². The van der Waals surface area contributed by atoms with Gasteiger partial charge in [0.05, 0.1) is 12.0 Å². The number of nitrogens with two attached hydrogens (primary N) is 1. The third-order valence-corrected chi connectivity index (χ3v) is 2.38. The number of thiocarbonyl (C=S) groups is 1. The molecule has 0 saturated heterocycles. The number of nitrogens with one attached hydrogen (secondary N) is 1. The molecule has 2 aromatic rings. The number of hydrogen-bond acceptors (Lipinski definition) is 3. The molecule has 1 amide bonds. The third kappa shape index (κ3) is 2.67. The quantitative estimate of drug-likeness (QED) is 0.635. The highest BCUT2D eigenvalue weighted by atomic mass is 32.1. The molecule has 0 fully saturated rings. The van der Waals surface area contributed by atoms with Gasteiger partial charge in [0.25, 0.3) is 0 Å². The number of furan rings is 1. The summed E-state index contributed by atoms with van der Waals surface area (Å²) in [6, 6.07) is 12.2. The first-order valence-corrected chi connectivity index (χ1v) is 5.58. The van der Waals surface area contributed by atoms with E-state index in [0.717, 1.165) is 0 Å². The number of benzene rings is 1. The maximum absolute atomic E-state index is 11.8. The zero-order valence-electron chi connectivity index (χ0n) is 9.37. The van der Waals surface area contributed by atoms with Gasteiger partial charge < -0.3 is 10.2 Å². The molecule has 1 aromatic heterocycles. The summed E-state index contributed by atoms with van der Waals surface area (Å²) in [6.45, 7) is 0. The fourth-order valence-electron chi connectivity index (χ4n) is 1.39. The second kappa shape index (κ2) is 5.33. The lowest BCUT2D eigenvalue weighted by Gasteiger charge is -2.22. The van der Waals surface area contributed by atoms with Gasteiger partial charge in [-0.1, -0.05) is 18.2 Å². The van der Waals surface area contributed by atoms with E-state index < -0.39 is 5.91 Å². The molecule has 0 atom stereocenters. The van der Waals surface area contributed by atoms with Crippen molar-refractivity contribution in [3.63, 3.8) is 0 Å². The number of para-hydroxylation sites is 1. The van der Waals surface area contributed by atoms with Gasteiger partial charge in [0.2, 0.25) is 0 Å². The molecule has 0 aliphatic heterocycles. The molecule has 1 aromatic carbocycles. The van der Waals surface area contributed by atoms with E-state index in [1.165, 1.54) is 11.3 Å². The van der Waals surface area contributed by atoms with Crippen LogP contribution in [0.2, 0.25) is 0 Å². The number of amides is 1. The predicted octanol–water partition coefficient (Wildman–Crippen LogP) is 1.67. The fourth-order valence-corrected chi connectivity index (χ4v) is 1.54. The van der Waals surface area contributed by atoms with Gasteiger partial charge in [-0.2, -0.15) is 0 Å². The fraction of sp³-hybridized carbons (Fsp3) is 0. The minimum absolute atomic E-state index is 0.0427. The zero-order chi connectivity index (χ0) is 13.0. The van der Waals surface area contributed by atoms with Crippen LogP contribution >= 0.6 is 12.2 Å². The predicted molar refractivity (Wildman–Crippen MR) is 71.9 cm³/mol. The number of anilines is 1. The van der Waals surface area contributed by atoms with E-state index in [1.807, 2.05) is 18.2 Å². The van der Waals surface area contributed by atoms with Crippen LogP contribution in [0.3, 0.4) is 0 Å². The molecule has 0 radical (unpaired) electrons. The third-order valence-electron chi connectivity index (χ3n) is 2.19. The number of hydrazine groups is 1. The van der Waals surface area contributed by atoms with Crippen LogP contribution < -0.4 is 16.2 Å². The second-order valence-corrected chi connectivity index (χ2v) is 3.85. The summed E-state index contributed by atoms with van der Waals surface area (Å²) in [5, 5.41) is 1.36. The molecule has 1 heterocycles. The molecule has 0 spiro atoms. The van der Waals surface area contributed by atoms with Crippen molar-refractivity contribution in [3.8, 4) is 0 Å². The Kier molecular flexibility index (Phi) is 3.59. The Bertz CT molecular complexity index is 540. The van der Waals surface area contributed by atoms with E-state index >= 15 is 0 Å². The van der Waals surface area contributed by atoms with Crippen molar-refractivity contribution in [2.24, 2.45) is 5.73 Å². The topological polar surface area (TPSA) is 71.5 Å². The van der Waals surface area contributed by atoms with Crippen LogP contribution in [-0.4, -0.2) is 11.0 Å². The molecule has 0 aliphatic carbocycles. The van der Waals surface area contributed by atoms with Gasteiger partial charge in [-0.3, -0.25) is 10.2 Å². The Balaban J connectivity index is 2.18. The number of carbonyl (C=O) groups excluding carboxylic acids is 1. The zero-order valence-corrected chi connectivity index (χ0v) is 10.2. The van der Waals surface area contributed by atoms with E-state index in [4.69, 9.17) is 22.4 Å². The largest absolute Gasteiger partial charge is 0.459 e. The minimum Gasteiger partial charge on any atom is -0.459 e. The van der Waals surface area contributed by atoms with E-state index in [0.29, 0.717) is 5.69 Å². The minimum atomic E-state index is -0.420. The lowest BCUT2D eigenvalue weighted by molar-refractivity contribution is 0.0927. The summed E-state index contributed by atoms with van der Waals surface area (Å²) in [5.41, 5.74) is 8.82. The summed E-state index contributed by atoms with van der Waals surface area (Å²) in [4.78, 5) is 11.8. The van der Waals surface area contributed by atoms with Gasteiger partial charge >= 0.3 is 5.91 Å². The molecule has 2 rings (SSSR count). The summed E-state index contributed by atoms with van der Waals surface area (Å²) in [7, 11) is 0. The van der Waals surface area contributed by atoms with Gasteiger partial charge in [0.15, 0.2) is 10.9 Å². The molecule has 92 valence electrons. The van der Waals surface area contributed by atoms with Gasteiger partial charge in [-0.05, 0) is 36.5 Å². The van der Waals surface area contributed by atoms with Crippen LogP contribution in [0.5, 0.6) is 0 Å². The van der Waals surface area contributed by atoms with Crippen molar-refractivity contribution >= 4 is 28.9 Å². The van der Waals surface area contributed by atoms with Crippen molar-refractivity contribution in [1.82, 2.24) is 5.43 Å². The number of carbonyl (C=O) groups is 1. The van der Waals surface area contributed by atoms with Crippen LogP contribution in [0.15, 0.2) is 53.1 Å². The van der Waals surface area contributed by atoms with E-state index in [2.05, 4.69) is 5.43 Å². The van der Waals surface area contributed by atoms with Crippen molar-refractivity contribution in [1.29, 1.82) is 0 Å². The summed E-state index contributed by atoms with van der Waals surface area (Å²) in [6.07, 6.45) is 1.42. The molecule has 3 N–H and O–H groups in total. The maximum atomic E-state index is 11.8. The molecule has 0 aliphatic rings. The van der Waals surface area contributed by atoms with E-state index in [1.54, 1.807) is 24.3 Å². The van der Waals surface area contributed by atoms with Crippen LogP contribution in [-0.2, 0) is 0 Å². The Morgan fingerprint density at radius 3 is 2.50 bits per heavy atom. The lowest BCUT2D eigenvalue weighted by atomic mass is 10.3. The first kappa shape index (κ1) is 12.1. The molecule has 0 saturated carbocycles. The Hall–Kier alpha value is -2.34. The second-order valence-electron chi connectivity index (χ2n) is 3.43. The van der Waals surface area contributed by atoms with E-state index in [-0.39, 0.29) is 10.9 Å². The van der Waals surface area contributed by atoms with Crippen molar-refractivity contribution < 1.29 is 9.21 Å². The SMILES string of the molecule is NC(=S)N(NC(=O)c1ccco1)c1ccccc1. The molecule has 18 heavy (non-hydrogen) atoms. The van der Waals surface area contributed by atoms with Crippen LogP contribution in [0, 0.1) is 0 Å². The maximum Gasteiger partial charge on any atom is 0.305 e. The molecule has 0 bridgehead atoms. The van der Waals surface area contributed by atoms with Crippen molar-refractivity contribution in [2.45, 2.75) is 0 Å². The normalized spacial score (nSPS) is 9.78. The van der Waals surface area contributed by atoms with Crippen molar-refractivity contribution in [2.75, 3.05) is 5.01 Å². The highest BCUT2D eigenvalue weighted by molar-refractivity contribution is 7.80. The Morgan fingerprint density at radius 2 is 1.94 bits per heavy atom. The average molecular weight is 261 g/mol. The summed E-state index contributed by atoms with van der Waals surface area (Å²) < 4.78 is 4.99. The van der Waals surface area contributed by atoms with Crippen LogP contribution in [0.25, 0.3) is 0 Å². The van der Waals surface area contributed by atoms with Gasteiger partial charge in [-0.15, -0.1) is 0 Å². The number of rotatable bonds is 2. The van der Waals surface area contributed by atoms with Crippen LogP contribution in [0.4, 0.5) is 5.69 Å². The van der Waals surface area contributed by atoms with Gasteiger partial charge in [0, 0.05) is 0 Å². The number of nitrogens with zero attached hydrogens (tertiary/aromatic N) is 1. The molecular formula is C12H11N3O2S. The Labute approximate surface area is 109 Å². The molecule has 5 nitrogen and oxygen atoms in total. The first-order valence-electron chi connectivity index (χ1n) is 5.17. The Morgan fingerprint density at radius 1 is 1.22 bits per heavy atom. The lowest BCUT2D eigenvalue weighted by Crippen LogP contribution is -2.49. The molecule has 0 unspecified atom stereocenters. The molecule has 6 heteroatoms. The summed E-state index contributed by atoms with van der Waals surface area (Å²) in [5.74, 6) is -0.233. The highest BCUT2D eigenvalue weighted by Gasteiger charge is 2.15. The average Bonchev–Trinajstić information content (AvgIpc) is 2.90. The smallest absolute Gasteiger partial charge is 0.305 e. The first-order chi connectivity index (χ1) is 8.68.